The van der Waals surface area contributed by atoms with E-state index in [1.165, 1.54) is 6.26 Å². The Bertz CT molecular complexity index is 1690. The zero-order valence-corrected chi connectivity index (χ0v) is 25.9. The molecule has 0 N–H and O–H groups in total. The van der Waals surface area contributed by atoms with Crippen molar-refractivity contribution in [2.45, 2.75) is 40.3 Å². The van der Waals surface area contributed by atoms with Crippen LogP contribution in [-0.2, 0) is 22.7 Å². The number of carbonyl (C=O) groups is 2. The minimum absolute atomic E-state index is 0.0796. The van der Waals surface area contributed by atoms with Gasteiger partial charge in [-0.1, -0.05) is 6.07 Å². The maximum atomic E-state index is 13.2. The number of anilines is 2. The fourth-order valence-electron chi connectivity index (χ4n) is 5.53. The summed E-state index contributed by atoms with van der Waals surface area (Å²) in [5, 5.41) is 0.565. The first kappa shape index (κ1) is 30.8. The van der Waals surface area contributed by atoms with E-state index in [9.17, 15) is 14.4 Å². The number of methoxy groups -OCH3 is 1. The first-order chi connectivity index (χ1) is 21.1. The van der Waals surface area contributed by atoms with Crippen molar-refractivity contribution in [2.24, 2.45) is 5.41 Å². The van der Waals surface area contributed by atoms with Gasteiger partial charge in [0, 0.05) is 64.3 Å². The second kappa shape index (κ2) is 12.9. The molecule has 4 aromatic rings. The molecule has 1 aromatic carbocycles. The van der Waals surface area contributed by atoms with E-state index in [-0.39, 0.29) is 17.4 Å². The van der Waals surface area contributed by atoms with Crippen LogP contribution < -0.4 is 24.8 Å². The minimum atomic E-state index is -1.16. The summed E-state index contributed by atoms with van der Waals surface area (Å²) in [6.07, 6.45) is 5.81. The molecule has 0 atom stereocenters. The van der Waals surface area contributed by atoms with Crippen LogP contribution in [0.25, 0.3) is 11.0 Å². The molecule has 0 saturated carbocycles. The van der Waals surface area contributed by atoms with Crippen molar-refractivity contribution in [2.75, 3.05) is 50.2 Å². The lowest BCUT2D eigenvalue weighted by Crippen LogP contribution is -2.47. The van der Waals surface area contributed by atoms with Crippen LogP contribution in [0.3, 0.4) is 0 Å². The van der Waals surface area contributed by atoms with Crippen LogP contribution in [0, 0.1) is 5.41 Å². The number of rotatable bonds is 12. The van der Waals surface area contributed by atoms with Gasteiger partial charge >= 0.3 is 0 Å². The predicted octanol–water partition coefficient (Wildman–Crippen LogP) is 4.32. The minimum Gasteiger partial charge on any atom is -0.493 e. The molecular weight excluding hydrogens is 562 g/mol. The number of fused-ring (bicyclic) bond motifs is 2. The first-order valence-corrected chi connectivity index (χ1v) is 14.8. The van der Waals surface area contributed by atoms with Gasteiger partial charge in [0.05, 0.1) is 36.7 Å². The Kier molecular flexibility index (Phi) is 9.05. The average molecular weight is 602 g/mol. The third-order valence-electron chi connectivity index (χ3n) is 8.08. The lowest BCUT2D eigenvalue weighted by Gasteiger charge is -2.27. The van der Waals surface area contributed by atoms with Gasteiger partial charge < -0.3 is 28.3 Å². The van der Waals surface area contributed by atoms with E-state index in [1.54, 1.807) is 60.8 Å². The van der Waals surface area contributed by atoms with Crippen molar-refractivity contribution in [3.05, 3.63) is 77.0 Å². The topological polar surface area (TPSA) is 110 Å². The van der Waals surface area contributed by atoms with E-state index in [2.05, 4.69) is 9.88 Å². The second-order valence-corrected chi connectivity index (χ2v) is 11.4. The van der Waals surface area contributed by atoms with Gasteiger partial charge in [-0.2, -0.15) is 0 Å². The molecule has 1 aliphatic heterocycles. The molecule has 0 fully saturated rings. The predicted molar refractivity (Wildman–Crippen MR) is 168 cm³/mol. The Morgan fingerprint density at radius 1 is 1.00 bits per heavy atom. The van der Waals surface area contributed by atoms with Crippen molar-refractivity contribution in [3.8, 4) is 11.6 Å². The number of ether oxygens (including phenoxy) is 2. The van der Waals surface area contributed by atoms with E-state index in [4.69, 9.17) is 13.9 Å². The van der Waals surface area contributed by atoms with Gasteiger partial charge in [-0.15, -0.1) is 0 Å². The molecular formula is C33H39N5O6. The third-order valence-corrected chi connectivity index (χ3v) is 8.08. The fraction of sp³-hybridized carbons (Fsp3) is 0.394. The summed E-state index contributed by atoms with van der Waals surface area (Å²) in [6.45, 7) is 8.63. The van der Waals surface area contributed by atoms with Crippen LogP contribution in [0.2, 0.25) is 0 Å². The molecule has 0 saturated heterocycles. The van der Waals surface area contributed by atoms with Crippen molar-refractivity contribution in [3.63, 3.8) is 0 Å². The molecule has 11 heteroatoms. The average Bonchev–Trinajstić information content (AvgIpc) is 3.51. The van der Waals surface area contributed by atoms with Crippen molar-refractivity contribution in [1.82, 2.24) is 14.5 Å². The van der Waals surface area contributed by atoms with Crippen LogP contribution >= 0.6 is 0 Å². The second-order valence-electron chi connectivity index (χ2n) is 11.4. The molecule has 0 aliphatic carbocycles. The van der Waals surface area contributed by atoms with Gasteiger partial charge in [-0.3, -0.25) is 19.3 Å². The summed E-state index contributed by atoms with van der Waals surface area (Å²) in [6, 6.07) is 12.8. The van der Waals surface area contributed by atoms with Crippen LogP contribution in [0.5, 0.6) is 11.6 Å². The number of carbonyl (C=O) groups excluding carboxylic acids is 2. The highest BCUT2D eigenvalue weighted by Crippen LogP contribution is 2.40. The molecule has 3 aromatic heterocycles. The molecule has 0 bridgehead atoms. The Labute approximate surface area is 256 Å². The monoisotopic (exact) mass is 601 g/mol. The Morgan fingerprint density at radius 2 is 1.82 bits per heavy atom. The lowest BCUT2D eigenvalue weighted by molar-refractivity contribution is -0.137. The molecule has 0 radical (unpaired) electrons. The summed E-state index contributed by atoms with van der Waals surface area (Å²) in [7, 11) is 3.28. The van der Waals surface area contributed by atoms with Gasteiger partial charge in [0.2, 0.25) is 17.7 Å². The van der Waals surface area contributed by atoms with Gasteiger partial charge in [-0.05, 0) is 57.0 Å². The fourth-order valence-corrected chi connectivity index (χ4v) is 5.53. The highest BCUT2D eigenvalue weighted by Gasteiger charge is 2.45. The number of hydrogen-bond acceptors (Lipinski definition) is 8. The van der Waals surface area contributed by atoms with Crippen LogP contribution in [0.4, 0.5) is 11.4 Å². The third kappa shape index (κ3) is 6.19. The number of aromatic nitrogens is 2. The summed E-state index contributed by atoms with van der Waals surface area (Å²) in [5.41, 5.74) is 1.69. The van der Waals surface area contributed by atoms with Gasteiger partial charge in [-0.25, -0.2) is 4.98 Å². The molecule has 2 amide bonds. The molecule has 1 aliphatic rings. The first-order valence-electron chi connectivity index (χ1n) is 14.8. The number of amides is 2. The largest absolute Gasteiger partial charge is 0.493 e. The van der Waals surface area contributed by atoms with Crippen LogP contribution in [0.1, 0.15) is 32.8 Å². The normalized spacial score (nSPS) is 14.7. The van der Waals surface area contributed by atoms with Gasteiger partial charge in [0.25, 0.3) is 5.56 Å². The number of furan rings is 1. The SMILES string of the molecule is CCN1C(=O)C(C)(C)C(=O)N(C)c2cc(OCCCN(CCn3ccc4occc4c3=O)Cc3ccc(OC)nc3)ccc21. The lowest BCUT2D eigenvalue weighted by atomic mass is 9.90. The van der Waals surface area contributed by atoms with Gasteiger partial charge in [0.1, 0.15) is 16.7 Å². The molecule has 5 rings (SSSR count). The molecule has 4 heterocycles. The molecule has 0 spiro atoms. The molecule has 232 valence electrons. The maximum absolute atomic E-state index is 13.2. The highest BCUT2D eigenvalue weighted by atomic mass is 16.5. The Morgan fingerprint density at radius 3 is 2.55 bits per heavy atom. The number of hydrogen-bond donors (Lipinski definition) is 0. The summed E-state index contributed by atoms with van der Waals surface area (Å²) < 4.78 is 18.4. The number of nitrogens with zero attached hydrogens (tertiary/aromatic N) is 5. The number of pyridine rings is 2. The van der Waals surface area contributed by atoms with Gasteiger partial charge in [0.15, 0.2) is 0 Å². The Balaban J connectivity index is 1.26. The number of benzene rings is 1. The molecule has 44 heavy (non-hydrogen) atoms. The van der Waals surface area contributed by atoms with Crippen molar-refractivity contribution < 1.29 is 23.5 Å². The maximum Gasteiger partial charge on any atom is 0.261 e. The standard InChI is InChI=1S/C33H39N5O6/c1-6-38-26-10-9-24(20-27(26)35(4)31(40)33(2,3)32(38)41)43-18-7-14-36(22-23-8-11-29(42-5)34-21-23)16-17-37-15-12-28-25(30(37)39)13-19-44-28/h8-13,15,19-21H,6-7,14,16-18,22H2,1-5H3. The Hall–Kier alpha value is -4.64. The highest BCUT2D eigenvalue weighted by molar-refractivity contribution is 6.20. The van der Waals surface area contributed by atoms with E-state index >= 15 is 0 Å². The molecule has 11 nitrogen and oxygen atoms in total. The van der Waals surface area contributed by atoms with Crippen LogP contribution in [0.15, 0.2) is 70.3 Å². The van der Waals surface area contributed by atoms with E-state index in [0.717, 1.165) is 12.0 Å². The van der Waals surface area contributed by atoms with Crippen LogP contribution in [-0.4, -0.2) is 66.7 Å². The zero-order valence-electron chi connectivity index (χ0n) is 25.9. The summed E-state index contributed by atoms with van der Waals surface area (Å²) in [5.74, 6) is 0.698. The van der Waals surface area contributed by atoms with E-state index in [1.807, 2.05) is 43.3 Å². The van der Waals surface area contributed by atoms with Crippen molar-refractivity contribution in [1.29, 1.82) is 0 Å². The van der Waals surface area contributed by atoms with E-state index < -0.39 is 5.41 Å². The molecule has 0 unspecified atom stereocenters. The quantitative estimate of drug-likeness (QED) is 0.174. The smallest absolute Gasteiger partial charge is 0.261 e. The van der Waals surface area contributed by atoms with Crippen molar-refractivity contribution >= 4 is 34.2 Å². The zero-order chi connectivity index (χ0) is 31.4. The summed E-state index contributed by atoms with van der Waals surface area (Å²) >= 11 is 0. The van der Waals surface area contributed by atoms with E-state index in [0.29, 0.717) is 73.3 Å². The summed E-state index contributed by atoms with van der Waals surface area (Å²) in [4.78, 5) is 49.0.